The van der Waals surface area contributed by atoms with Gasteiger partial charge >= 0.3 is 0 Å². The topological polar surface area (TPSA) is 60.2 Å². The van der Waals surface area contributed by atoms with Gasteiger partial charge in [0.05, 0.1) is 4.90 Å². The van der Waals surface area contributed by atoms with E-state index in [2.05, 4.69) is 38.1 Å². The van der Waals surface area contributed by atoms with E-state index in [1.54, 1.807) is 12.1 Å². The summed E-state index contributed by atoms with van der Waals surface area (Å²) in [6.07, 6.45) is 0. The summed E-state index contributed by atoms with van der Waals surface area (Å²) in [4.78, 5) is 0.151. The van der Waals surface area contributed by atoms with Crippen LogP contribution in [0.3, 0.4) is 0 Å². The number of sulfonamides is 1. The number of benzene rings is 3. The summed E-state index contributed by atoms with van der Waals surface area (Å²) < 4.78 is 23.9. The number of hydrogen-bond donors (Lipinski definition) is 1. The Morgan fingerprint density at radius 3 is 1.96 bits per heavy atom. The van der Waals surface area contributed by atoms with Crippen molar-refractivity contribution in [3.63, 3.8) is 0 Å². The maximum Gasteiger partial charge on any atom is 0.238 e. The van der Waals surface area contributed by atoms with Gasteiger partial charge in [0.1, 0.15) is 0 Å². The van der Waals surface area contributed by atoms with Gasteiger partial charge in [-0.2, -0.15) is 0 Å². The molecular weight excluding hydrogens is 342 g/mol. The minimum Gasteiger partial charge on any atom is -0.225 e. The van der Waals surface area contributed by atoms with Gasteiger partial charge in [-0.1, -0.05) is 86.1 Å². The maximum absolute atomic E-state index is 11.9. The zero-order chi connectivity index (χ0) is 18.9. The summed E-state index contributed by atoms with van der Waals surface area (Å²) in [7, 11) is -3.78. The molecule has 4 heteroatoms. The number of rotatable bonds is 4. The molecule has 0 atom stereocenters. The largest absolute Gasteiger partial charge is 0.238 e. The molecular formula is C22H23NO2S. The van der Waals surface area contributed by atoms with Crippen molar-refractivity contribution in [2.24, 2.45) is 5.14 Å². The first kappa shape index (κ1) is 18.4. The van der Waals surface area contributed by atoms with Crippen LogP contribution in [0.5, 0.6) is 0 Å². The van der Waals surface area contributed by atoms with E-state index in [1.807, 2.05) is 43.3 Å². The van der Waals surface area contributed by atoms with Gasteiger partial charge in [-0.05, 0) is 29.7 Å². The van der Waals surface area contributed by atoms with E-state index in [9.17, 15) is 8.42 Å². The Bertz CT molecular complexity index is 1020. The van der Waals surface area contributed by atoms with Crippen LogP contribution < -0.4 is 5.14 Å². The van der Waals surface area contributed by atoms with Gasteiger partial charge < -0.3 is 0 Å². The van der Waals surface area contributed by atoms with Crippen molar-refractivity contribution in [3.8, 4) is 11.1 Å². The summed E-state index contributed by atoms with van der Waals surface area (Å²) in [5.41, 5.74) is 4.71. The highest BCUT2D eigenvalue weighted by atomic mass is 32.2. The molecule has 0 radical (unpaired) electrons. The monoisotopic (exact) mass is 365 g/mol. The molecule has 26 heavy (non-hydrogen) atoms. The van der Waals surface area contributed by atoms with E-state index in [4.69, 9.17) is 5.14 Å². The fourth-order valence-corrected chi connectivity index (χ4v) is 3.95. The van der Waals surface area contributed by atoms with E-state index in [0.29, 0.717) is 5.56 Å². The van der Waals surface area contributed by atoms with Crippen LogP contribution in [0, 0.1) is 6.92 Å². The van der Waals surface area contributed by atoms with Gasteiger partial charge in [-0.3, -0.25) is 0 Å². The zero-order valence-electron chi connectivity index (χ0n) is 15.2. The molecule has 0 bridgehead atoms. The Morgan fingerprint density at radius 1 is 0.808 bits per heavy atom. The molecule has 0 amide bonds. The number of aryl methyl sites for hydroxylation is 1. The lowest BCUT2D eigenvalue weighted by atomic mass is 9.78. The van der Waals surface area contributed by atoms with Gasteiger partial charge in [-0.15, -0.1) is 0 Å². The van der Waals surface area contributed by atoms with Crippen molar-refractivity contribution < 1.29 is 8.42 Å². The molecule has 3 rings (SSSR count). The van der Waals surface area contributed by atoms with Crippen molar-refractivity contribution >= 4 is 10.0 Å². The first-order valence-electron chi connectivity index (χ1n) is 8.49. The minimum atomic E-state index is -3.78. The summed E-state index contributed by atoms with van der Waals surface area (Å²) >= 11 is 0. The number of primary sulfonamides is 1. The lowest BCUT2D eigenvalue weighted by molar-refractivity contribution is 0.598. The van der Waals surface area contributed by atoms with Crippen molar-refractivity contribution in [2.75, 3.05) is 0 Å². The normalized spacial score (nSPS) is 12.2. The molecule has 2 N–H and O–H groups in total. The van der Waals surface area contributed by atoms with Gasteiger partial charge in [0.25, 0.3) is 0 Å². The SMILES string of the molecule is Cc1ccc(S(N)(=O)=O)c(-c2ccc(C(C)(C)c3ccccc3)cc2)c1. The van der Waals surface area contributed by atoms with Crippen molar-refractivity contribution in [1.82, 2.24) is 0 Å². The van der Waals surface area contributed by atoms with E-state index < -0.39 is 10.0 Å². The Kier molecular flexibility index (Phi) is 4.74. The highest BCUT2D eigenvalue weighted by Gasteiger charge is 2.23. The van der Waals surface area contributed by atoms with Crippen LogP contribution in [0.2, 0.25) is 0 Å². The molecule has 3 nitrogen and oxygen atoms in total. The first-order chi connectivity index (χ1) is 12.2. The van der Waals surface area contributed by atoms with Gasteiger partial charge in [0, 0.05) is 11.0 Å². The second-order valence-electron chi connectivity index (χ2n) is 7.11. The number of hydrogen-bond acceptors (Lipinski definition) is 2. The molecule has 3 aromatic carbocycles. The molecule has 134 valence electrons. The van der Waals surface area contributed by atoms with E-state index >= 15 is 0 Å². The summed E-state index contributed by atoms with van der Waals surface area (Å²) in [5, 5.41) is 5.39. The van der Waals surface area contributed by atoms with Gasteiger partial charge in [0.2, 0.25) is 10.0 Å². The number of nitrogens with two attached hydrogens (primary N) is 1. The molecule has 3 aromatic rings. The first-order valence-corrected chi connectivity index (χ1v) is 10.0. The molecule has 0 saturated carbocycles. The van der Waals surface area contributed by atoms with Gasteiger partial charge in [-0.25, -0.2) is 13.6 Å². The van der Waals surface area contributed by atoms with Gasteiger partial charge in [0.15, 0.2) is 0 Å². The van der Waals surface area contributed by atoms with E-state index in [-0.39, 0.29) is 10.3 Å². The predicted octanol–water partition coefficient (Wildman–Crippen LogP) is 4.64. The Balaban J connectivity index is 2.06. The van der Waals surface area contributed by atoms with Crippen LogP contribution in [0.4, 0.5) is 0 Å². The van der Waals surface area contributed by atoms with Crippen LogP contribution in [0.25, 0.3) is 11.1 Å². The highest BCUT2D eigenvalue weighted by Crippen LogP contribution is 2.34. The summed E-state index contributed by atoms with van der Waals surface area (Å²) in [6, 6.07) is 23.5. The fourth-order valence-electron chi connectivity index (χ4n) is 3.21. The second kappa shape index (κ2) is 6.71. The van der Waals surface area contributed by atoms with Crippen LogP contribution in [-0.4, -0.2) is 8.42 Å². The predicted molar refractivity (Wildman–Crippen MR) is 107 cm³/mol. The third-order valence-electron chi connectivity index (χ3n) is 4.85. The third kappa shape index (κ3) is 3.57. The smallest absolute Gasteiger partial charge is 0.225 e. The highest BCUT2D eigenvalue weighted by molar-refractivity contribution is 7.89. The molecule has 0 aliphatic heterocycles. The molecule has 0 aliphatic rings. The minimum absolute atomic E-state index is 0.144. The third-order valence-corrected chi connectivity index (χ3v) is 5.82. The fraction of sp³-hybridized carbons (Fsp3) is 0.182. The molecule has 0 heterocycles. The molecule has 0 unspecified atom stereocenters. The summed E-state index contributed by atoms with van der Waals surface area (Å²) in [6.45, 7) is 6.29. The maximum atomic E-state index is 11.9. The van der Waals surface area contributed by atoms with Crippen LogP contribution >= 0.6 is 0 Å². The van der Waals surface area contributed by atoms with Crippen LogP contribution in [0.1, 0.15) is 30.5 Å². The van der Waals surface area contributed by atoms with Crippen LogP contribution in [0.15, 0.2) is 77.7 Å². The molecule has 0 fully saturated rings. The lowest BCUT2D eigenvalue weighted by Gasteiger charge is -2.26. The Labute approximate surface area is 155 Å². The lowest BCUT2D eigenvalue weighted by Crippen LogP contribution is -2.18. The van der Waals surface area contributed by atoms with E-state index in [1.165, 1.54) is 5.56 Å². The average Bonchev–Trinajstić information content (AvgIpc) is 2.61. The van der Waals surface area contributed by atoms with Crippen molar-refractivity contribution in [3.05, 3.63) is 89.5 Å². The molecule has 0 spiro atoms. The molecule has 0 aromatic heterocycles. The molecule has 0 saturated heterocycles. The Morgan fingerprint density at radius 2 is 1.38 bits per heavy atom. The van der Waals surface area contributed by atoms with E-state index in [0.717, 1.165) is 16.7 Å². The quantitative estimate of drug-likeness (QED) is 0.732. The molecule has 0 aliphatic carbocycles. The standard InChI is InChI=1S/C22H23NO2S/c1-16-9-14-21(26(23,24)25)20(15-16)17-10-12-19(13-11-17)22(2,3)18-7-5-4-6-8-18/h4-15H,1-3H3,(H2,23,24,25). The average molecular weight is 365 g/mol. The summed E-state index contributed by atoms with van der Waals surface area (Å²) in [5.74, 6) is 0. The van der Waals surface area contributed by atoms with Crippen molar-refractivity contribution in [1.29, 1.82) is 0 Å². The van der Waals surface area contributed by atoms with Crippen molar-refractivity contribution in [2.45, 2.75) is 31.1 Å². The zero-order valence-corrected chi connectivity index (χ0v) is 16.0. The van der Waals surface area contributed by atoms with Crippen LogP contribution in [-0.2, 0) is 15.4 Å². The Hall–Kier alpha value is -2.43. The second-order valence-corrected chi connectivity index (χ2v) is 8.64.